The van der Waals surface area contributed by atoms with Gasteiger partial charge in [0.15, 0.2) is 0 Å². The molecule has 0 spiro atoms. The van der Waals surface area contributed by atoms with E-state index in [0.29, 0.717) is 0 Å². The van der Waals surface area contributed by atoms with Crippen molar-refractivity contribution < 1.29 is 0 Å². The van der Waals surface area contributed by atoms with E-state index in [1.807, 2.05) is 7.05 Å². The molecule has 0 aromatic rings. The van der Waals surface area contributed by atoms with E-state index >= 15 is 0 Å². The van der Waals surface area contributed by atoms with Crippen LogP contribution in [0, 0.1) is 0 Å². The predicted molar refractivity (Wildman–Crippen MR) is 76.5 cm³/mol. The maximum atomic E-state index is 4.49. The molecule has 1 aliphatic rings. The number of likely N-dealkylation sites (N-methyl/N-ethyl adjacent to an activating group) is 1. The lowest BCUT2D eigenvalue weighted by atomic mass is 9.83. The van der Waals surface area contributed by atoms with Gasteiger partial charge in [-0.05, 0) is 51.3 Å². The number of nitrogens with zero attached hydrogens (tertiary/aromatic N) is 2. The molecular formula is C15H24N2. The van der Waals surface area contributed by atoms with Crippen LogP contribution in [0.4, 0.5) is 0 Å². The van der Waals surface area contributed by atoms with Gasteiger partial charge in [-0.3, -0.25) is 4.99 Å². The zero-order chi connectivity index (χ0) is 13.3. The third-order valence-electron chi connectivity index (χ3n) is 3.41. The molecule has 1 aliphatic carbocycles. The first-order chi connectivity index (χ1) is 7.82. The molecule has 17 heavy (non-hydrogen) atoms. The molecular weight excluding hydrogens is 208 g/mol. The normalized spacial score (nSPS) is 19.3. The smallest absolute Gasteiger partial charge is 0.0695 e. The second-order valence-corrected chi connectivity index (χ2v) is 5.07. The van der Waals surface area contributed by atoms with Crippen LogP contribution in [-0.4, -0.2) is 31.8 Å². The molecule has 0 aromatic carbocycles. The average Bonchev–Trinajstić information content (AvgIpc) is 2.22. The van der Waals surface area contributed by atoms with Crippen molar-refractivity contribution in [3.05, 3.63) is 33.6 Å². The highest BCUT2D eigenvalue weighted by atomic mass is 15.1. The Balaban J connectivity index is 3.62. The van der Waals surface area contributed by atoms with E-state index < -0.39 is 0 Å². The molecule has 0 aliphatic heterocycles. The Hall–Kier alpha value is -1.31. The van der Waals surface area contributed by atoms with Gasteiger partial charge in [0.25, 0.3) is 0 Å². The lowest BCUT2D eigenvalue weighted by Crippen LogP contribution is -2.24. The van der Waals surface area contributed by atoms with Crippen molar-refractivity contribution in [3.63, 3.8) is 0 Å². The molecule has 1 rings (SSSR count). The van der Waals surface area contributed by atoms with Gasteiger partial charge in [-0.25, -0.2) is 0 Å². The quantitative estimate of drug-likeness (QED) is 0.674. The van der Waals surface area contributed by atoms with Gasteiger partial charge in [0.2, 0.25) is 0 Å². The summed E-state index contributed by atoms with van der Waals surface area (Å²) in [6.07, 6.45) is 0. The minimum atomic E-state index is 1.14. The summed E-state index contributed by atoms with van der Waals surface area (Å²) in [5, 5.41) is 0. The molecule has 0 saturated carbocycles. The summed E-state index contributed by atoms with van der Waals surface area (Å²) in [6, 6.07) is 0. The molecule has 0 bridgehead atoms. The molecule has 0 N–H and O–H groups in total. The standard InChI is InChI=1S/C15H24N2/c1-9(2)13-10(3)11(4)15(17(7)8)12(5)14(13)16-6/h1-8H3. The SMILES string of the molecule is CN=C1C(C)=C(N(C)C)C(C)=C(C)C1=C(C)C. The van der Waals surface area contributed by atoms with Crippen molar-refractivity contribution in [3.8, 4) is 0 Å². The summed E-state index contributed by atoms with van der Waals surface area (Å²) >= 11 is 0. The molecule has 0 amide bonds. The molecule has 0 radical (unpaired) electrons. The first-order valence-corrected chi connectivity index (χ1v) is 6.04. The van der Waals surface area contributed by atoms with Crippen LogP contribution in [0.3, 0.4) is 0 Å². The third kappa shape index (κ3) is 2.21. The Morgan fingerprint density at radius 1 is 0.941 bits per heavy atom. The first kappa shape index (κ1) is 13.8. The van der Waals surface area contributed by atoms with Crippen LogP contribution < -0.4 is 0 Å². The van der Waals surface area contributed by atoms with E-state index in [1.54, 1.807) is 0 Å². The summed E-state index contributed by atoms with van der Waals surface area (Å²) in [5.74, 6) is 0. The molecule has 2 nitrogen and oxygen atoms in total. The fraction of sp³-hybridized carbons (Fsp3) is 0.533. The van der Waals surface area contributed by atoms with Crippen molar-refractivity contribution in [2.45, 2.75) is 34.6 Å². The van der Waals surface area contributed by atoms with Crippen molar-refractivity contribution in [2.75, 3.05) is 21.1 Å². The molecule has 2 heteroatoms. The van der Waals surface area contributed by atoms with Crippen LogP contribution >= 0.6 is 0 Å². The largest absolute Gasteiger partial charge is 0.377 e. The van der Waals surface area contributed by atoms with Gasteiger partial charge in [-0.1, -0.05) is 5.57 Å². The van der Waals surface area contributed by atoms with Crippen LogP contribution in [-0.2, 0) is 0 Å². The Kier molecular flexibility index (Phi) is 3.97. The van der Waals surface area contributed by atoms with E-state index in [9.17, 15) is 0 Å². The molecule has 0 heterocycles. The Morgan fingerprint density at radius 2 is 1.47 bits per heavy atom. The monoisotopic (exact) mass is 232 g/mol. The molecule has 0 saturated heterocycles. The van der Waals surface area contributed by atoms with Crippen molar-refractivity contribution in [2.24, 2.45) is 4.99 Å². The highest BCUT2D eigenvalue weighted by Gasteiger charge is 2.24. The highest BCUT2D eigenvalue weighted by molar-refractivity contribution is 6.17. The summed E-state index contributed by atoms with van der Waals surface area (Å²) in [6.45, 7) is 10.9. The maximum absolute atomic E-state index is 4.49. The summed E-state index contributed by atoms with van der Waals surface area (Å²) < 4.78 is 0. The van der Waals surface area contributed by atoms with Gasteiger partial charge in [0.1, 0.15) is 0 Å². The minimum absolute atomic E-state index is 1.14. The third-order valence-corrected chi connectivity index (χ3v) is 3.41. The highest BCUT2D eigenvalue weighted by Crippen LogP contribution is 2.34. The lowest BCUT2D eigenvalue weighted by molar-refractivity contribution is 0.516. The average molecular weight is 232 g/mol. The van der Waals surface area contributed by atoms with Gasteiger partial charge < -0.3 is 4.90 Å². The van der Waals surface area contributed by atoms with Crippen LogP contribution in [0.25, 0.3) is 0 Å². The molecule has 0 atom stereocenters. The van der Waals surface area contributed by atoms with Crippen LogP contribution in [0.2, 0.25) is 0 Å². The van der Waals surface area contributed by atoms with Crippen molar-refractivity contribution in [1.82, 2.24) is 4.90 Å². The van der Waals surface area contributed by atoms with Gasteiger partial charge >= 0.3 is 0 Å². The number of hydrogen-bond donors (Lipinski definition) is 0. The fourth-order valence-electron chi connectivity index (χ4n) is 2.69. The second kappa shape index (κ2) is 4.91. The first-order valence-electron chi connectivity index (χ1n) is 6.04. The Bertz CT molecular complexity index is 449. The van der Waals surface area contributed by atoms with Gasteiger partial charge in [-0.2, -0.15) is 0 Å². The number of hydrogen-bond acceptors (Lipinski definition) is 2. The van der Waals surface area contributed by atoms with E-state index in [2.05, 4.69) is 58.6 Å². The van der Waals surface area contributed by atoms with Crippen LogP contribution in [0.5, 0.6) is 0 Å². The van der Waals surface area contributed by atoms with Gasteiger partial charge in [0.05, 0.1) is 5.71 Å². The maximum Gasteiger partial charge on any atom is 0.0695 e. The van der Waals surface area contributed by atoms with Crippen LogP contribution in [0.15, 0.2) is 38.6 Å². The minimum Gasteiger partial charge on any atom is -0.377 e. The fourth-order valence-corrected chi connectivity index (χ4v) is 2.69. The lowest BCUT2D eigenvalue weighted by Gasteiger charge is -2.30. The topological polar surface area (TPSA) is 15.6 Å². The summed E-state index contributed by atoms with van der Waals surface area (Å²) in [5.41, 5.74) is 9.06. The van der Waals surface area contributed by atoms with Crippen molar-refractivity contribution in [1.29, 1.82) is 0 Å². The van der Waals surface area contributed by atoms with E-state index in [-0.39, 0.29) is 0 Å². The van der Waals surface area contributed by atoms with Crippen LogP contribution in [0.1, 0.15) is 34.6 Å². The number of rotatable bonds is 1. The van der Waals surface area contributed by atoms with E-state index in [1.165, 1.54) is 33.6 Å². The summed E-state index contributed by atoms with van der Waals surface area (Å²) in [4.78, 5) is 6.67. The second-order valence-electron chi connectivity index (χ2n) is 5.07. The number of aliphatic imine (C=N–C) groups is 1. The number of allylic oxidation sites excluding steroid dienone is 5. The molecule has 94 valence electrons. The van der Waals surface area contributed by atoms with E-state index in [0.717, 1.165) is 5.71 Å². The summed E-state index contributed by atoms with van der Waals surface area (Å²) in [7, 11) is 6.07. The van der Waals surface area contributed by atoms with E-state index in [4.69, 9.17) is 0 Å². The van der Waals surface area contributed by atoms with Gasteiger partial charge in [0, 0.05) is 32.4 Å². The Morgan fingerprint density at radius 3 is 1.82 bits per heavy atom. The molecule has 0 unspecified atom stereocenters. The van der Waals surface area contributed by atoms with Gasteiger partial charge in [-0.15, -0.1) is 0 Å². The molecule has 0 fully saturated rings. The zero-order valence-corrected chi connectivity index (χ0v) is 12.4. The molecule has 0 aromatic heterocycles. The van der Waals surface area contributed by atoms with Crippen molar-refractivity contribution >= 4 is 5.71 Å². The predicted octanol–water partition coefficient (Wildman–Crippen LogP) is 3.58. The zero-order valence-electron chi connectivity index (χ0n) is 12.4. The Labute approximate surface area is 105 Å².